The van der Waals surface area contributed by atoms with Crippen LogP contribution < -0.4 is 0 Å². The zero-order valence-electron chi connectivity index (χ0n) is 13.7. The van der Waals surface area contributed by atoms with Gasteiger partial charge in [0.25, 0.3) is 0 Å². The van der Waals surface area contributed by atoms with Crippen LogP contribution in [-0.4, -0.2) is 26.0 Å². The second-order valence-electron chi connectivity index (χ2n) is 6.12. The first-order valence-corrected chi connectivity index (χ1v) is 8.74. The van der Waals surface area contributed by atoms with E-state index in [9.17, 15) is 0 Å². The molecule has 0 saturated carbocycles. The van der Waals surface area contributed by atoms with Gasteiger partial charge in [-0.05, 0) is 32.9 Å². The van der Waals surface area contributed by atoms with Crippen LogP contribution in [0.5, 0.6) is 0 Å². The maximum atomic E-state index is 5.66. The highest BCUT2D eigenvalue weighted by molar-refractivity contribution is 7.13. The number of hydrogen-bond acceptors (Lipinski definition) is 5. The molecule has 0 spiro atoms. The number of furan rings is 1. The molecule has 0 amide bonds. The molecular formula is C17H20N4OS. The summed E-state index contributed by atoms with van der Waals surface area (Å²) in [5.74, 6) is 2.95. The van der Waals surface area contributed by atoms with Crippen molar-refractivity contribution < 1.29 is 4.42 Å². The minimum absolute atomic E-state index is 0.860. The molecule has 0 radical (unpaired) electrons. The van der Waals surface area contributed by atoms with E-state index < -0.39 is 0 Å². The molecular weight excluding hydrogens is 308 g/mol. The lowest BCUT2D eigenvalue weighted by molar-refractivity contribution is 0.206. The molecule has 0 aliphatic carbocycles. The summed E-state index contributed by atoms with van der Waals surface area (Å²) in [6.07, 6.45) is 0. The van der Waals surface area contributed by atoms with Crippen molar-refractivity contribution in [2.24, 2.45) is 0 Å². The minimum Gasteiger partial charge on any atom is -0.459 e. The summed E-state index contributed by atoms with van der Waals surface area (Å²) in [7, 11) is 0. The van der Waals surface area contributed by atoms with Gasteiger partial charge in [-0.3, -0.25) is 4.90 Å². The third-order valence-electron chi connectivity index (χ3n) is 4.43. The Hall–Kier alpha value is -1.92. The zero-order valence-corrected chi connectivity index (χ0v) is 14.5. The molecule has 3 aromatic rings. The highest BCUT2D eigenvalue weighted by Crippen LogP contribution is 2.26. The van der Waals surface area contributed by atoms with E-state index in [0.29, 0.717) is 0 Å². The minimum atomic E-state index is 0.860. The van der Waals surface area contributed by atoms with E-state index in [2.05, 4.69) is 33.7 Å². The first-order valence-electron chi connectivity index (χ1n) is 7.86. The van der Waals surface area contributed by atoms with Gasteiger partial charge in [-0.1, -0.05) is 0 Å². The molecule has 4 heterocycles. The maximum Gasteiger partial charge on any atom is 0.162 e. The number of imidazole rings is 1. The highest BCUT2D eigenvalue weighted by atomic mass is 32.1. The van der Waals surface area contributed by atoms with Crippen LogP contribution in [0.1, 0.15) is 28.7 Å². The Labute approximate surface area is 139 Å². The Bertz CT molecular complexity index is 845. The Morgan fingerprint density at radius 2 is 2.04 bits per heavy atom. The smallest absolute Gasteiger partial charge is 0.162 e. The summed E-state index contributed by atoms with van der Waals surface area (Å²) >= 11 is 1.64. The van der Waals surface area contributed by atoms with Gasteiger partial charge in [0, 0.05) is 30.7 Å². The number of thiazole rings is 1. The fourth-order valence-electron chi connectivity index (χ4n) is 3.07. The lowest BCUT2D eigenvalue weighted by Crippen LogP contribution is -2.33. The number of hydrogen-bond donors (Lipinski definition) is 0. The lowest BCUT2D eigenvalue weighted by atomic mass is 10.3. The van der Waals surface area contributed by atoms with E-state index in [-0.39, 0.29) is 0 Å². The molecule has 3 aromatic heterocycles. The number of rotatable bonds is 3. The average molecular weight is 328 g/mol. The van der Waals surface area contributed by atoms with Crippen molar-refractivity contribution in [3.05, 3.63) is 46.2 Å². The predicted octanol–water partition coefficient (Wildman–Crippen LogP) is 3.54. The fraction of sp³-hybridized carbons (Fsp3) is 0.412. The van der Waals surface area contributed by atoms with E-state index in [0.717, 1.165) is 54.1 Å². The molecule has 23 heavy (non-hydrogen) atoms. The van der Waals surface area contributed by atoms with Gasteiger partial charge in [-0.25, -0.2) is 9.97 Å². The molecule has 1 aliphatic rings. The number of nitrogens with zero attached hydrogens (tertiary/aromatic N) is 4. The predicted molar refractivity (Wildman–Crippen MR) is 90.4 cm³/mol. The molecule has 0 bridgehead atoms. The second-order valence-corrected chi connectivity index (χ2v) is 6.97. The summed E-state index contributed by atoms with van der Waals surface area (Å²) in [5, 5.41) is 3.09. The lowest BCUT2D eigenvalue weighted by Gasteiger charge is -2.27. The van der Waals surface area contributed by atoms with Crippen LogP contribution in [0.25, 0.3) is 10.8 Å². The van der Waals surface area contributed by atoms with Crippen LogP contribution in [0.15, 0.2) is 21.9 Å². The number of fused-ring (bicyclic) bond motifs is 1. The molecule has 120 valence electrons. The molecule has 1 aliphatic heterocycles. The Morgan fingerprint density at radius 3 is 2.83 bits per heavy atom. The van der Waals surface area contributed by atoms with Gasteiger partial charge in [0.15, 0.2) is 10.8 Å². The van der Waals surface area contributed by atoms with Gasteiger partial charge in [-0.2, -0.15) is 0 Å². The van der Waals surface area contributed by atoms with Gasteiger partial charge in [0.2, 0.25) is 0 Å². The number of aryl methyl sites for hydroxylation is 2. The number of aromatic nitrogens is 3. The molecule has 0 fully saturated rings. The maximum absolute atomic E-state index is 5.66. The molecule has 0 N–H and O–H groups in total. The zero-order chi connectivity index (χ0) is 16.0. The van der Waals surface area contributed by atoms with Crippen molar-refractivity contribution in [2.75, 3.05) is 6.54 Å². The average Bonchev–Trinajstić information content (AvgIpc) is 3.21. The first-order chi connectivity index (χ1) is 11.1. The van der Waals surface area contributed by atoms with E-state index in [1.165, 1.54) is 11.5 Å². The molecule has 4 rings (SSSR count). The van der Waals surface area contributed by atoms with Crippen LogP contribution in [0.3, 0.4) is 0 Å². The van der Waals surface area contributed by atoms with Crippen LogP contribution in [0.2, 0.25) is 0 Å². The largest absolute Gasteiger partial charge is 0.459 e. The molecule has 0 unspecified atom stereocenters. The third-order valence-corrected chi connectivity index (χ3v) is 5.34. The van der Waals surface area contributed by atoms with Crippen molar-refractivity contribution in [2.45, 2.75) is 40.4 Å². The molecule has 0 aromatic carbocycles. The van der Waals surface area contributed by atoms with Gasteiger partial charge >= 0.3 is 0 Å². The summed E-state index contributed by atoms with van der Waals surface area (Å²) in [6.45, 7) is 10.00. The second kappa shape index (κ2) is 5.62. The summed E-state index contributed by atoms with van der Waals surface area (Å²) in [4.78, 5) is 11.8. The fourth-order valence-corrected chi connectivity index (χ4v) is 3.84. The van der Waals surface area contributed by atoms with Crippen LogP contribution in [-0.2, 0) is 19.6 Å². The normalized spacial score (nSPS) is 15.1. The van der Waals surface area contributed by atoms with E-state index in [1.54, 1.807) is 11.3 Å². The quantitative estimate of drug-likeness (QED) is 0.738. The Kier molecular flexibility index (Phi) is 3.58. The van der Waals surface area contributed by atoms with E-state index in [4.69, 9.17) is 9.40 Å². The standard InChI is InChI=1S/C17H20N4OS/c1-11-4-5-15(22-11)17-19-14(10-23-17)8-20-6-7-21-13(3)12(2)18-16(21)9-20/h4-5,10H,6-9H2,1-3H3. The monoisotopic (exact) mass is 328 g/mol. The van der Waals surface area contributed by atoms with E-state index in [1.807, 2.05) is 19.1 Å². The third kappa shape index (κ3) is 2.72. The SMILES string of the molecule is Cc1ccc(-c2nc(CN3CCn4c(nc(C)c4C)C3)cs2)o1. The Morgan fingerprint density at radius 1 is 1.17 bits per heavy atom. The first kappa shape index (κ1) is 14.7. The summed E-state index contributed by atoms with van der Waals surface area (Å²) in [6, 6.07) is 3.97. The molecule has 0 saturated heterocycles. The molecule has 0 atom stereocenters. The molecule has 6 heteroatoms. The van der Waals surface area contributed by atoms with Crippen LogP contribution in [0.4, 0.5) is 0 Å². The van der Waals surface area contributed by atoms with E-state index >= 15 is 0 Å². The van der Waals surface area contributed by atoms with Gasteiger partial charge in [-0.15, -0.1) is 11.3 Å². The topological polar surface area (TPSA) is 47.1 Å². The highest BCUT2D eigenvalue weighted by Gasteiger charge is 2.21. The summed E-state index contributed by atoms with van der Waals surface area (Å²) < 4.78 is 7.99. The van der Waals surface area contributed by atoms with Crippen molar-refractivity contribution >= 4 is 11.3 Å². The van der Waals surface area contributed by atoms with Gasteiger partial charge < -0.3 is 8.98 Å². The molecule has 5 nitrogen and oxygen atoms in total. The van der Waals surface area contributed by atoms with Gasteiger partial charge in [0.1, 0.15) is 11.6 Å². The Balaban J connectivity index is 1.48. The summed E-state index contributed by atoms with van der Waals surface area (Å²) in [5.41, 5.74) is 3.54. The van der Waals surface area contributed by atoms with Crippen LogP contribution in [0, 0.1) is 20.8 Å². The van der Waals surface area contributed by atoms with Crippen molar-refractivity contribution in [1.29, 1.82) is 0 Å². The van der Waals surface area contributed by atoms with Crippen molar-refractivity contribution in [3.8, 4) is 10.8 Å². The van der Waals surface area contributed by atoms with Gasteiger partial charge in [0.05, 0.1) is 17.9 Å². The van der Waals surface area contributed by atoms with Crippen molar-refractivity contribution in [3.63, 3.8) is 0 Å². The van der Waals surface area contributed by atoms with Crippen LogP contribution >= 0.6 is 11.3 Å². The van der Waals surface area contributed by atoms with Crippen molar-refractivity contribution in [1.82, 2.24) is 19.4 Å².